The van der Waals surface area contributed by atoms with E-state index in [9.17, 15) is 22.8 Å². The molecule has 1 saturated carbocycles. The summed E-state index contributed by atoms with van der Waals surface area (Å²) in [6, 6.07) is 5.37. The Morgan fingerprint density at radius 3 is 2.37 bits per heavy atom. The van der Waals surface area contributed by atoms with Gasteiger partial charge in [0.25, 0.3) is 5.91 Å². The lowest BCUT2D eigenvalue weighted by Gasteiger charge is -2.38. The Hall–Kier alpha value is -2.84. The van der Waals surface area contributed by atoms with Gasteiger partial charge < -0.3 is 10.4 Å². The third-order valence-electron chi connectivity index (χ3n) is 4.88. The molecule has 1 heterocycles. The number of hydrogen-bond acceptors (Lipinski definition) is 3. The van der Waals surface area contributed by atoms with E-state index < -0.39 is 23.4 Å². The number of aromatic carboxylic acids is 1. The molecule has 0 aliphatic heterocycles. The van der Waals surface area contributed by atoms with Gasteiger partial charge in [0.05, 0.1) is 11.9 Å². The number of carboxylic acid groups (broad SMARTS) is 1. The second-order valence-electron chi connectivity index (χ2n) is 7.02. The van der Waals surface area contributed by atoms with Crippen LogP contribution < -0.4 is 5.32 Å². The first-order valence-electron chi connectivity index (χ1n) is 8.38. The lowest BCUT2D eigenvalue weighted by atomic mass is 9.70. The highest BCUT2D eigenvalue weighted by atomic mass is 19.4. The van der Waals surface area contributed by atoms with E-state index in [2.05, 4.69) is 17.3 Å². The van der Waals surface area contributed by atoms with Crippen LogP contribution in [0.5, 0.6) is 0 Å². The molecule has 0 unspecified atom stereocenters. The summed E-state index contributed by atoms with van der Waals surface area (Å²) in [7, 11) is 0. The van der Waals surface area contributed by atoms with Gasteiger partial charge in [-0.05, 0) is 42.5 Å². The van der Waals surface area contributed by atoms with Crippen LogP contribution in [0.15, 0.2) is 30.5 Å². The van der Waals surface area contributed by atoms with Crippen molar-refractivity contribution in [3.05, 3.63) is 47.3 Å². The monoisotopic (exact) mass is 381 g/mol. The number of nitrogens with one attached hydrogen (secondary N) is 1. The number of nitrogens with zero attached hydrogens (tertiary/aromatic N) is 2. The number of aromatic nitrogens is 2. The molecule has 1 aromatic carbocycles. The molecule has 1 amide bonds. The van der Waals surface area contributed by atoms with Crippen LogP contribution in [0.4, 0.5) is 13.2 Å². The highest BCUT2D eigenvalue weighted by Gasteiger charge is 2.40. The van der Waals surface area contributed by atoms with Crippen LogP contribution in [0.25, 0.3) is 5.69 Å². The van der Waals surface area contributed by atoms with Gasteiger partial charge in [-0.1, -0.05) is 13.3 Å². The van der Waals surface area contributed by atoms with Gasteiger partial charge in [-0.3, -0.25) is 4.79 Å². The summed E-state index contributed by atoms with van der Waals surface area (Å²) in [5, 5.41) is 15.3. The molecule has 1 aliphatic rings. The zero-order chi connectivity index (χ0) is 19.8. The second kappa shape index (κ2) is 6.71. The van der Waals surface area contributed by atoms with Gasteiger partial charge in [0.2, 0.25) is 0 Å². The van der Waals surface area contributed by atoms with Crippen molar-refractivity contribution in [1.82, 2.24) is 15.1 Å². The number of carbonyl (C=O) groups excluding carboxylic acids is 1. The first-order chi connectivity index (χ1) is 12.6. The Morgan fingerprint density at radius 1 is 1.26 bits per heavy atom. The second-order valence-corrected chi connectivity index (χ2v) is 7.02. The number of carboxylic acids is 1. The van der Waals surface area contributed by atoms with E-state index in [1.165, 1.54) is 24.3 Å². The largest absolute Gasteiger partial charge is 0.478 e. The van der Waals surface area contributed by atoms with E-state index in [1.807, 2.05) is 0 Å². The van der Waals surface area contributed by atoms with Crippen LogP contribution in [0, 0.1) is 5.41 Å². The van der Waals surface area contributed by atoms with Crippen molar-refractivity contribution in [3.8, 4) is 5.69 Å². The van der Waals surface area contributed by atoms with E-state index in [4.69, 9.17) is 5.11 Å². The smallest absolute Gasteiger partial charge is 0.434 e. The Balaban J connectivity index is 1.81. The predicted octanol–water partition coefficient (Wildman–Crippen LogP) is 3.51. The quantitative estimate of drug-likeness (QED) is 0.830. The first kappa shape index (κ1) is 18.9. The standard InChI is InChI=1S/C18H18F3N3O3/c1-17(7-2-8-17)10-22-15(25)11-3-5-12(6-4-11)24-14(18(19,20)21)13(9-23-24)16(26)27/h3-6,9H,2,7-8,10H2,1H3,(H,22,25)(H,26,27). The number of amides is 1. The third kappa shape index (κ3) is 3.81. The van der Waals surface area contributed by atoms with Crippen molar-refractivity contribution in [2.45, 2.75) is 32.4 Å². The molecular weight excluding hydrogens is 363 g/mol. The van der Waals surface area contributed by atoms with E-state index in [0.717, 1.165) is 19.3 Å². The molecular formula is C18H18F3N3O3. The SMILES string of the molecule is CC1(CNC(=O)c2ccc(-n3ncc(C(=O)O)c3C(F)(F)F)cc2)CCC1. The zero-order valence-corrected chi connectivity index (χ0v) is 14.5. The fourth-order valence-electron chi connectivity index (χ4n) is 3.08. The first-order valence-corrected chi connectivity index (χ1v) is 8.38. The van der Waals surface area contributed by atoms with Gasteiger partial charge in [-0.2, -0.15) is 18.3 Å². The molecule has 0 bridgehead atoms. The van der Waals surface area contributed by atoms with Crippen LogP contribution in [-0.2, 0) is 6.18 Å². The van der Waals surface area contributed by atoms with Crippen molar-refractivity contribution in [2.75, 3.05) is 6.54 Å². The van der Waals surface area contributed by atoms with E-state index in [0.29, 0.717) is 23.0 Å². The summed E-state index contributed by atoms with van der Waals surface area (Å²) < 4.78 is 40.3. The molecule has 1 aromatic heterocycles. The molecule has 9 heteroatoms. The molecule has 1 aliphatic carbocycles. The minimum Gasteiger partial charge on any atom is -0.478 e. The molecule has 3 rings (SSSR count). The fraction of sp³-hybridized carbons (Fsp3) is 0.389. The number of alkyl halides is 3. The van der Waals surface area contributed by atoms with Crippen LogP contribution in [0.3, 0.4) is 0 Å². The van der Waals surface area contributed by atoms with Crippen LogP contribution in [0.2, 0.25) is 0 Å². The Kier molecular flexibility index (Phi) is 4.71. The molecule has 1 fully saturated rings. The topological polar surface area (TPSA) is 84.2 Å². The maximum absolute atomic E-state index is 13.3. The van der Waals surface area contributed by atoms with E-state index in [1.54, 1.807) is 0 Å². The van der Waals surface area contributed by atoms with Crippen LogP contribution in [0.1, 0.15) is 52.6 Å². The Bertz CT molecular complexity index is 868. The molecule has 0 spiro atoms. The molecule has 6 nitrogen and oxygen atoms in total. The Morgan fingerprint density at radius 2 is 1.89 bits per heavy atom. The number of benzene rings is 1. The minimum absolute atomic E-state index is 0.0114. The van der Waals surface area contributed by atoms with Crippen molar-refractivity contribution in [2.24, 2.45) is 5.41 Å². The number of halogens is 3. The fourth-order valence-corrected chi connectivity index (χ4v) is 3.08. The summed E-state index contributed by atoms with van der Waals surface area (Å²) in [5.74, 6) is -2.02. The summed E-state index contributed by atoms with van der Waals surface area (Å²) in [6.45, 7) is 2.64. The maximum atomic E-state index is 13.3. The lowest BCUT2D eigenvalue weighted by Crippen LogP contribution is -2.39. The summed E-state index contributed by atoms with van der Waals surface area (Å²) in [6.07, 6.45) is -0.982. The minimum atomic E-state index is -4.89. The Labute approximate surface area is 153 Å². The van der Waals surface area contributed by atoms with Gasteiger partial charge in [-0.15, -0.1) is 0 Å². The van der Waals surface area contributed by atoms with Gasteiger partial charge in [0.1, 0.15) is 5.56 Å². The molecule has 27 heavy (non-hydrogen) atoms. The number of hydrogen-bond donors (Lipinski definition) is 2. The molecule has 0 atom stereocenters. The molecule has 144 valence electrons. The highest BCUT2D eigenvalue weighted by Crippen LogP contribution is 2.39. The summed E-state index contributed by atoms with van der Waals surface area (Å²) in [4.78, 5) is 23.2. The zero-order valence-electron chi connectivity index (χ0n) is 14.5. The van der Waals surface area contributed by atoms with Crippen LogP contribution >= 0.6 is 0 Å². The normalized spacial score (nSPS) is 15.9. The summed E-state index contributed by atoms with van der Waals surface area (Å²) >= 11 is 0. The molecule has 2 N–H and O–H groups in total. The van der Waals surface area contributed by atoms with Crippen molar-refractivity contribution >= 4 is 11.9 Å². The average molecular weight is 381 g/mol. The third-order valence-corrected chi connectivity index (χ3v) is 4.88. The predicted molar refractivity (Wildman–Crippen MR) is 89.8 cm³/mol. The van der Waals surface area contributed by atoms with E-state index >= 15 is 0 Å². The van der Waals surface area contributed by atoms with Crippen molar-refractivity contribution in [3.63, 3.8) is 0 Å². The van der Waals surface area contributed by atoms with Crippen molar-refractivity contribution < 1.29 is 27.9 Å². The summed E-state index contributed by atoms with van der Waals surface area (Å²) in [5.41, 5.74) is -1.87. The van der Waals surface area contributed by atoms with Gasteiger partial charge in [-0.25, -0.2) is 9.48 Å². The van der Waals surface area contributed by atoms with Crippen LogP contribution in [-0.4, -0.2) is 33.3 Å². The molecule has 0 saturated heterocycles. The molecule has 2 aromatic rings. The van der Waals surface area contributed by atoms with Crippen molar-refractivity contribution in [1.29, 1.82) is 0 Å². The number of carbonyl (C=O) groups is 2. The maximum Gasteiger partial charge on any atom is 0.434 e. The molecule has 0 radical (unpaired) electrons. The lowest BCUT2D eigenvalue weighted by molar-refractivity contribution is -0.143. The highest BCUT2D eigenvalue weighted by molar-refractivity contribution is 5.94. The number of rotatable bonds is 5. The average Bonchev–Trinajstić information content (AvgIpc) is 3.04. The van der Waals surface area contributed by atoms with Gasteiger partial charge in [0, 0.05) is 12.1 Å². The van der Waals surface area contributed by atoms with Gasteiger partial charge >= 0.3 is 12.1 Å². The van der Waals surface area contributed by atoms with Gasteiger partial charge in [0.15, 0.2) is 5.69 Å². The van der Waals surface area contributed by atoms with E-state index in [-0.39, 0.29) is 17.0 Å².